The number of carbonyl (C=O) groups excluding carboxylic acids is 2. The summed E-state index contributed by atoms with van der Waals surface area (Å²) in [7, 11) is 0. The van der Waals surface area contributed by atoms with Crippen molar-refractivity contribution in [2.24, 2.45) is 5.92 Å². The molecule has 4 nitrogen and oxygen atoms in total. The molecule has 0 unspecified atom stereocenters. The zero-order chi connectivity index (χ0) is 19.6. The van der Waals surface area contributed by atoms with Crippen molar-refractivity contribution in [2.45, 2.75) is 25.9 Å². The minimum absolute atomic E-state index is 0.0326. The molecule has 27 heavy (non-hydrogen) atoms. The van der Waals surface area contributed by atoms with Crippen molar-refractivity contribution >= 4 is 23.2 Å². The quantitative estimate of drug-likeness (QED) is 0.867. The topological polar surface area (TPSA) is 49.4 Å². The summed E-state index contributed by atoms with van der Waals surface area (Å²) < 4.78 is 38.7. The zero-order valence-corrected chi connectivity index (χ0v) is 14.7. The van der Waals surface area contributed by atoms with E-state index in [0.717, 1.165) is 24.1 Å². The summed E-state index contributed by atoms with van der Waals surface area (Å²) in [5, 5.41) is 2.77. The van der Waals surface area contributed by atoms with Crippen LogP contribution in [0.25, 0.3) is 0 Å². The van der Waals surface area contributed by atoms with Crippen LogP contribution in [0.15, 0.2) is 48.5 Å². The maximum atomic E-state index is 12.9. The van der Waals surface area contributed by atoms with Gasteiger partial charge in [-0.1, -0.05) is 25.1 Å². The minimum atomic E-state index is -4.49. The van der Waals surface area contributed by atoms with E-state index in [0.29, 0.717) is 5.69 Å². The molecule has 0 aliphatic carbocycles. The molecule has 2 amide bonds. The monoisotopic (exact) mass is 376 g/mol. The number of hydrogen-bond donors (Lipinski definition) is 1. The van der Waals surface area contributed by atoms with Crippen LogP contribution < -0.4 is 10.2 Å². The normalized spacial score (nSPS) is 17.3. The van der Waals surface area contributed by atoms with Gasteiger partial charge < -0.3 is 10.2 Å². The molecule has 1 aliphatic rings. The van der Waals surface area contributed by atoms with Crippen molar-refractivity contribution in [3.63, 3.8) is 0 Å². The fraction of sp³-hybridized carbons (Fsp3) is 0.300. The molecular weight excluding hydrogens is 357 g/mol. The van der Waals surface area contributed by atoms with E-state index in [4.69, 9.17) is 0 Å². The number of hydrogen-bond acceptors (Lipinski definition) is 2. The largest absolute Gasteiger partial charge is 0.416 e. The van der Waals surface area contributed by atoms with Gasteiger partial charge in [0.15, 0.2) is 0 Å². The highest BCUT2D eigenvalue weighted by Gasteiger charge is 2.36. The van der Waals surface area contributed by atoms with E-state index in [1.807, 2.05) is 19.1 Å². The predicted molar refractivity (Wildman–Crippen MR) is 96.4 cm³/mol. The van der Waals surface area contributed by atoms with E-state index in [1.54, 1.807) is 12.1 Å². The number of carbonyl (C=O) groups is 2. The molecule has 1 heterocycles. The Labute approximate surface area is 155 Å². The molecule has 2 aromatic rings. The Morgan fingerprint density at radius 3 is 2.52 bits per heavy atom. The van der Waals surface area contributed by atoms with Crippen molar-refractivity contribution in [3.8, 4) is 0 Å². The number of amides is 2. The molecule has 1 aliphatic heterocycles. The highest BCUT2D eigenvalue weighted by Crippen LogP contribution is 2.33. The highest BCUT2D eigenvalue weighted by molar-refractivity contribution is 6.03. The number of alkyl halides is 3. The summed E-state index contributed by atoms with van der Waals surface area (Å²) in [6.45, 7) is 2.08. The SMILES string of the molecule is CCc1ccc(NC(=O)[C@H]2CC(=O)N(c3cccc(C(F)(F)F)c3)C2)cc1. The van der Waals surface area contributed by atoms with Crippen LogP contribution in [0.3, 0.4) is 0 Å². The van der Waals surface area contributed by atoms with Crippen molar-refractivity contribution in [2.75, 3.05) is 16.8 Å². The van der Waals surface area contributed by atoms with E-state index in [2.05, 4.69) is 5.32 Å². The second-order valence-corrected chi connectivity index (χ2v) is 6.49. The van der Waals surface area contributed by atoms with Crippen molar-refractivity contribution in [1.29, 1.82) is 0 Å². The fourth-order valence-corrected chi connectivity index (χ4v) is 3.05. The third-order valence-corrected chi connectivity index (χ3v) is 4.61. The first-order chi connectivity index (χ1) is 12.8. The standard InChI is InChI=1S/C20H19F3N2O2/c1-2-13-6-8-16(9-7-13)24-19(27)14-10-18(26)25(12-14)17-5-3-4-15(11-17)20(21,22)23/h3-9,11,14H,2,10,12H2,1H3,(H,24,27)/t14-/m0/s1. The molecule has 142 valence electrons. The van der Waals surface area contributed by atoms with Gasteiger partial charge in [0.2, 0.25) is 11.8 Å². The number of rotatable bonds is 4. The molecular formula is C20H19F3N2O2. The van der Waals surface area contributed by atoms with E-state index in [1.165, 1.54) is 17.0 Å². The van der Waals surface area contributed by atoms with Crippen LogP contribution in [0.4, 0.5) is 24.5 Å². The fourth-order valence-electron chi connectivity index (χ4n) is 3.05. The van der Waals surface area contributed by atoms with Gasteiger partial charge in [-0.05, 0) is 42.3 Å². The van der Waals surface area contributed by atoms with Gasteiger partial charge in [0.25, 0.3) is 0 Å². The van der Waals surface area contributed by atoms with E-state index >= 15 is 0 Å². The first-order valence-corrected chi connectivity index (χ1v) is 8.65. The van der Waals surface area contributed by atoms with Crippen molar-refractivity contribution < 1.29 is 22.8 Å². The molecule has 0 bridgehead atoms. The smallest absolute Gasteiger partial charge is 0.326 e. The Hall–Kier alpha value is -2.83. The average Bonchev–Trinajstić information content (AvgIpc) is 3.04. The summed E-state index contributed by atoms with van der Waals surface area (Å²) >= 11 is 0. The lowest BCUT2D eigenvalue weighted by atomic mass is 10.1. The number of anilines is 2. The molecule has 2 aromatic carbocycles. The molecule has 3 rings (SSSR count). The number of nitrogens with zero attached hydrogens (tertiary/aromatic N) is 1. The molecule has 0 saturated carbocycles. The lowest BCUT2D eigenvalue weighted by Crippen LogP contribution is -2.28. The minimum Gasteiger partial charge on any atom is -0.326 e. The summed E-state index contributed by atoms with van der Waals surface area (Å²) in [6.07, 6.45) is -3.63. The molecule has 0 spiro atoms. The Balaban J connectivity index is 1.70. The Morgan fingerprint density at radius 1 is 1.19 bits per heavy atom. The Bertz CT molecular complexity index is 847. The molecule has 7 heteroatoms. The Morgan fingerprint density at radius 2 is 1.89 bits per heavy atom. The van der Waals surface area contributed by atoms with Gasteiger partial charge in [-0.15, -0.1) is 0 Å². The van der Waals surface area contributed by atoms with Crippen LogP contribution in [-0.2, 0) is 22.2 Å². The number of aryl methyl sites for hydroxylation is 1. The molecule has 0 aromatic heterocycles. The van der Waals surface area contributed by atoms with Gasteiger partial charge in [-0.2, -0.15) is 13.2 Å². The van der Waals surface area contributed by atoms with Crippen LogP contribution in [0, 0.1) is 5.92 Å². The van der Waals surface area contributed by atoms with Gasteiger partial charge in [0.05, 0.1) is 11.5 Å². The van der Waals surface area contributed by atoms with Gasteiger partial charge in [-0.3, -0.25) is 9.59 Å². The van der Waals surface area contributed by atoms with Crippen LogP contribution in [0.1, 0.15) is 24.5 Å². The van der Waals surface area contributed by atoms with Crippen LogP contribution in [0.2, 0.25) is 0 Å². The molecule has 0 radical (unpaired) electrons. The van der Waals surface area contributed by atoms with E-state index in [-0.39, 0.29) is 30.5 Å². The van der Waals surface area contributed by atoms with Gasteiger partial charge in [0, 0.05) is 24.3 Å². The predicted octanol–water partition coefficient (Wildman–Crippen LogP) is 4.26. The summed E-state index contributed by atoms with van der Waals surface area (Å²) in [5.74, 6) is -1.30. The van der Waals surface area contributed by atoms with Crippen LogP contribution in [0.5, 0.6) is 0 Å². The van der Waals surface area contributed by atoms with Crippen molar-refractivity contribution in [1.82, 2.24) is 0 Å². The van der Waals surface area contributed by atoms with Gasteiger partial charge in [-0.25, -0.2) is 0 Å². The lowest BCUT2D eigenvalue weighted by molar-refractivity contribution is -0.137. The lowest BCUT2D eigenvalue weighted by Gasteiger charge is -2.18. The third kappa shape index (κ3) is 4.30. The second kappa shape index (κ2) is 7.42. The summed E-state index contributed by atoms with van der Waals surface area (Å²) in [4.78, 5) is 25.9. The van der Waals surface area contributed by atoms with Gasteiger partial charge >= 0.3 is 6.18 Å². The average molecular weight is 376 g/mol. The molecule has 1 atom stereocenters. The molecule has 1 fully saturated rings. The maximum absolute atomic E-state index is 12.9. The third-order valence-electron chi connectivity index (χ3n) is 4.61. The molecule has 1 N–H and O–H groups in total. The Kier molecular flexibility index (Phi) is 5.21. The summed E-state index contributed by atoms with van der Waals surface area (Å²) in [6, 6.07) is 12.0. The van der Waals surface area contributed by atoms with E-state index in [9.17, 15) is 22.8 Å². The zero-order valence-electron chi connectivity index (χ0n) is 14.7. The van der Waals surface area contributed by atoms with E-state index < -0.39 is 17.7 Å². The van der Waals surface area contributed by atoms with Crippen LogP contribution >= 0.6 is 0 Å². The van der Waals surface area contributed by atoms with Crippen LogP contribution in [-0.4, -0.2) is 18.4 Å². The summed E-state index contributed by atoms with van der Waals surface area (Å²) in [5.41, 5.74) is 1.09. The number of halogens is 3. The second-order valence-electron chi connectivity index (χ2n) is 6.49. The molecule has 1 saturated heterocycles. The van der Waals surface area contributed by atoms with Crippen molar-refractivity contribution in [3.05, 3.63) is 59.7 Å². The number of nitrogens with one attached hydrogen (secondary N) is 1. The first kappa shape index (κ1) is 18.9. The maximum Gasteiger partial charge on any atom is 0.416 e. The highest BCUT2D eigenvalue weighted by atomic mass is 19.4. The number of benzene rings is 2. The van der Waals surface area contributed by atoms with Gasteiger partial charge in [0.1, 0.15) is 0 Å². The first-order valence-electron chi connectivity index (χ1n) is 8.65.